The number of rotatable bonds is 6. The molecule has 6 heteroatoms. The van der Waals surface area contributed by atoms with Gasteiger partial charge in [0.2, 0.25) is 5.95 Å². The minimum absolute atomic E-state index is 0.210. The molecule has 5 nitrogen and oxygen atoms in total. The summed E-state index contributed by atoms with van der Waals surface area (Å²) in [7, 11) is 1.44. The number of ether oxygens (including phenoxy) is 1. The first-order chi connectivity index (χ1) is 12.2. The Hall–Kier alpha value is -2.63. The first-order valence-electron chi connectivity index (χ1n) is 8.57. The van der Waals surface area contributed by atoms with Crippen molar-refractivity contribution in [2.75, 3.05) is 23.9 Å². The van der Waals surface area contributed by atoms with Gasteiger partial charge in [-0.25, -0.2) is 9.37 Å². The van der Waals surface area contributed by atoms with Crippen LogP contribution in [0.5, 0.6) is 5.75 Å². The quantitative estimate of drug-likeness (QED) is 0.844. The van der Waals surface area contributed by atoms with Crippen molar-refractivity contribution < 1.29 is 9.13 Å². The van der Waals surface area contributed by atoms with E-state index in [0.717, 1.165) is 30.8 Å². The zero-order valence-electron chi connectivity index (χ0n) is 14.8. The van der Waals surface area contributed by atoms with Crippen LogP contribution in [-0.4, -0.2) is 29.7 Å². The summed E-state index contributed by atoms with van der Waals surface area (Å²) in [5, 5.41) is 3.07. The highest BCUT2D eigenvalue weighted by atomic mass is 19.1. The summed E-state index contributed by atoms with van der Waals surface area (Å²) in [5.41, 5.74) is 1.59. The van der Waals surface area contributed by atoms with E-state index < -0.39 is 5.82 Å². The van der Waals surface area contributed by atoms with Gasteiger partial charge in [0.15, 0.2) is 11.6 Å². The molecule has 1 aliphatic rings. The van der Waals surface area contributed by atoms with Gasteiger partial charge in [-0.2, -0.15) is 4.98 Å². The predicted octanol–water partition coefficient (Wildman–Crippen LogP) is 4.39. The summed E-state index contributed by atoms with van der Waals surface area (Å²) in [6.07, 6.45) is 8.09. The number of fused-ring (bicyclic) bond motifs is 1. The summed E-state index contributed by atoms with van der Waals surface area (Å²) < 4.78 is 18.8. The second-order valence-corrected chi connectivity index (χ2v) is 5.97. The molecular weight excluding hydrogens is 319 g/mol. The molecule has 3 rings (SSSR count). The van der Waals surface area contributed by atoms with Gasteiger partial charge in [-0.15, -0.1) is 0 Å². The summed E-state index contributed by atoms with van der Waals surface area (Å²) >= 11 is 0. The van der Waals surface area contributed by atoms with E-state index >= 15 is 0 Å². The van der Waals surface area contributed by atoms with E-state index in [-0.39, 0.29) is 5.75 Å². The smallest absolute Gasteiger partial charge is 0.229 e. The molecule has 1 aromatic heterocycles. The molecule has 1 aromatic carbocycles. The van der Waals surface area contributed by atoms with E-state index in [1.54, 1.807) is 18.3 Å². The molecule has 0 amide bonds. The number of nitrogens with one attached hydrogen (secondary N) is 1. The highest BCUT2D eigenvalue weighted by molar-refractivity contribution is 5.69. The minimum atomic E-state index is -0.424. The fourth-order valence-electron chi connectivity index (χ4n) is 3.09. The SMILES string of the molecule is CCC(CC)N1CC=Cc2cnc(Nc3ccc(OC)c(F)c3)nc21. The number of anilines is 3. The Morgan fingerprint density at radius 1 is 1.32 bits per heavy atom. The monoisotopic (exact) mass is 342 g/mol. The Morgan fingerprint density at radius 2 is 2.12 bits per heavy atom. The molecule has 0 unspecified atom stereocenters. The van der Waals surface area contributed by atoms with Gasteiger partial charge in [0.1, 0.15) is 5.82 Å². The number of methoxy groups -OCH3 is 1. The van der Waals surface area contributed by atoms with Gasteiger partial charge in [0.05, 0.1) is 7.11 Å². The standard InChI is InChI=1S/C19H23FN4O/c1-4-15(5-2)24-10-6-7-13-12-21-19(23-18(13)24)22-14-8-9-17(25-3)16(20)11-14/h6-9,11-12,15H,4-5,10H2,1-3H3,(H,21,22,23). The Balaban J connectivity index is 1.88. The van der Waals surface area contributed by atoms with Gasteiger partial charge in [0.25, 0.3) is 0 Å². The lowest BCUT2D eigenvalue weighted by atomic mass is 10.1. The summed E-state index contributed by atoms with van der Waals surface area (Å²) in [6.45, 7) is 5.21. The topological polar surface area (TPSA) is 50.3 Å². The normalized spacial score (nSPS) is 13.1. The number of aromatic nitrogens is 2. The molecule has 1 N–H and O–H groups in total. The first kappa shape index (κ1) is 17.2. The van der Waals surface area contributed by atoms with Gasteiger partial charge in [0, 0.05) is 36.1 Å². The van der Waals surface area contributed by atoms with Crippen molar-refractivity contribution in [1.82, 2.24) is 9.97 Å². The molecule has 2 aromatic rings. The van der Waals surface area contributed by atoms with Crippen molar-refractivity contribution in [2.24, 2.45) is 0 Å². The van der Waals surface area contributed by atoms with Crippen LogP contribution in [0.1, 0.15) is 32.3 Å². The molecule has 0 aliphatic carbocycles. The summed E-state index contributed by atoms with van der Waals surface area (Å²) in [6, 6.07) is 5.13. The summed E-state index contributed by atoms with van der Waals surface area (Å²) in [5.74, 6) is 1.16. The number of benzene rings is 1. The zero-order chi connectivity index (χ0) is 17.8. The lowest BCUT2D eigenvalue weighted by molar-refractivity contribution is 0.386. The van der Waals surface area contributed by atoms with Gasteiger partial charge < -0.3 is 15.0 Å². The third kappa shape index (κ3) is 3.57. The number of hydrogen-bond acceptors (Lipinski definition) is 5. The van der Waals surface area contributed by atoms with Crippen LogP contribution in [-0.2, 0) is 0 Å². The summed E-state index contributed by atoms with van der Waals surface area (Å²) in [4.78, 5) is 11.3. The lowest BCUT2D eigenvalue weighted by Gasteiger charge is -2.33. The third-order valence-corrected chi connectivity index (χ3v) is 4.46. The van der Waals surface area contributed by atoms with Crippen LogP contribution in [0.25, 0.3) is 6.08 Å². The largest absolute Gasteiger partial charge is 0.494 e. The van der Waals surface area contributed by atoms with Crippen LogP contribution in [0.15, 0.2) is 30.5 Å². The first-order valence-corrected chi connectivity index (χ1v) is 8.57. The molecule has 0 saturated carbocycles. The molecule has 132 valence electrons. The van der Waals surface area contributed by atoms with Gasteiger partial charge in [-0.1, -0.05) is 26.0 Å². The van der Waals surface area contributed by atoms with E-state index in [1.165, 1.54) is 13.2 Å². The molecule has 0 saturated heterocycles. The fourth-order valence-corrected chi connectivity index (χ4v) is 3.09. The van der Waals surface area contributed by atoms with E-state index in [1.807, 2.05) is 6.08 Å². The van der Waals surface area contributed by atoms with Crippen LogP contribution >= 0.6 is 0 Å². The maximum atomic E-state index is 13.9. The van der Waals surface area contributed by atoms with Crippen LogP contribution < -0.4 is 15.0 Å². The van der Waals surface area contributed by atoms with Crippen molar-refractivity contribution in [1.29, 1.82) is 0 Å². The average Bonchev–Trinajstić information content (AvgIpc) is 2.63. The van der Waals surface area contributed by atoms with E-state index in [4.69, 9.17) is 4.74 Å². The average molecular weight is 342 g/mol. The molecule has 2 heterocycles. The Morgan fingerprint density at radius 3 is 2.80 bits per heavy atom. The Labute approximate surface area is 147 Å². The maximum Gasteiger partial charge on any atom is 0.229 e. The van der Waals surface area contributed by atoms with E-state index in [2.05, 4.69) is 40.1 Å². The van der Waals surface area contributed by atoms with E-state index in [0.29, 0.717) is 17.7 Å². The van der Waals surface area contributed by atoms with Crippen LogP contribution in [0.3, 0.4) is 0 Å². The molecule has 1 aliphatic heterocycles. The van der Waals surface area contributed by atoms with Crippen molar-refractivity contribution in [3.05, 3.63) is 41.9 Å². The minimum Gasteiger partial charge on any atom is -0.494 e. The Kier molecular flexibility index (Phi) is 5.16. The van der Waals surface area contributed by atoms with Crippen molar-refractivity contribution in [3.63, 3.8) is 0 Å². The van der Waals surface area contributed by atoms with Gasteiger partial charge in [-0.05, 0) is 25.0 Å². The van der Waals surface area contributed by atoms with Crippen molar-refractivity contribution >= 4 is 23.5 Å². The van der Waals surface area contributed by atoms with Gasteiger partial charge >= 0.3 is 0 Å². The van der Waals surface area contributed by atoms with Gasteiger partial charge in [-0.3, -0.25) is 0 Å². The lowest BCUT2D eigenvalue weighted by Crippen LogP contribution is -2.37. The predicted molar refractivity (Wildman–Crippen MR) is 99.0 cm³/mol. The number of hydrogen-bond donors (Lipinski definition) is 1. The second kappa shape index (κ2) is 7.51. The van der Waals surface area contributed by atoms with E-state index in [9.17, 15) is 4.39 Å². The van der Waals surface area contributed by atoms with Crippen LogP contribution in [0, 0.1) is 5.82 Å². The van der Waals surface area contributed by atoms with Crippen LogP contribution in [0.4, 0.5) is 21.8 Å². The fraction of sp³-hybridized carbons (Fsp3) is 0.368. The second-order valence-electron chi connectivity index (χ2n) is 5.97. The molecule has 0 atom stereocenters. The highest BCUT2D eigenvalue weighted by Crippen LogP contribution is 2.29. The number of nitrogens with zero attached hydrogens (tertiary/aromatic N) is 3. The molecular formula is C19H23FN4O. The Bertz CT molecular complexity index is 774. The highest BCUT2D eigenvalue weighted by Gasteiger charge is 2.22. The molecule has 0 fully saturated rings. The van der Waals surface area contributed by atoms with Crippen molar-refractivity contribution in [2.45, 2.75) is 32.7 Å². The zero-order valence-corrected chi connectivity index (χ0v) is 14.8. The molecule has 0 bridgehead atoms. The molecule has 0 radical (unpaired) electrons. The third-order valence-electron chi connectivity index (χ3n) is 4.46. The molecule has 25 heavy (non-hydrogen) atoms. The molecule has 0 spiro atoms. The number of halogens is 1. The maximum absolute atomic E-state index is 13.9. The van der Waals surface area contributed by atoms with Crippen molar-refractivity contribution in [3.8, 4) is 5.75 Å². The van der Waals surface area contributed by atoms with Crippen LogP contribution in [0.2, 0.25) is 0 Å².